The van der Waals surface area contributed by atoms with Gasteiger partial charge in [0.1, 0.15) is 5.69 Å². The number of nitrogens with one attached hydrogen (secondary N) is 1. The number of benzene rings is 1. The molecule has 2 N–H and O–H groups in total. The quantitative estimate of drug-likeness (QED) is 0.853. The van der Waals surface area contributed by atoms with Gasteiger partial charge in [-0.05, 0) is 30.9 Å². The van der Waals surface area contributed by atoms with Crippen molar-refractivity contribution in [1.29, 1.82) is 0 Å². The van der Waals surface area contributed by atoms with Gasteiger partial charge >= 0.3 is 5.97 Å². The molecular weight excluding hydrogens is 322 g/mol. The highest BCUT2D eigenvalue weighted by Crippen LogP contribution is 2.25. The molecule has 1 aliphatic carbocycles. The number of aliphatic carboxylic acids is 1. The van der Waals surface area contributed by atoms with E-state index < -0.39 is 17.8 Å². The second-order valence-electron chi connectivity index (χ2n) is 6.22. The summed E-state index contributed by atoms with van der Waals surface area (Å²) in [6.45, 7) is 0.283. The van der Waals surface area contributed by atoms with Crippen LogP contribution in [-0.2, 0) is 11.3 Å². The van der Waals surface area contributed by atoms with E-state index in [9.17, 15) is 14.4 Å². The first kappa shape index (κ1) is 16.9. The van der Waals surface area contributed by atoms with Gasteiger partial charge in [-0.3, -0.25) is 14.4 Å². The number of aromatic nitrogens is 2. The molecule has 0 unspecified atom stereocenters. The number of carbonyl (C=O) groups is 2. The second kappa shape index (κ2) is 7.29. The molecule has 1 aliphatic rings. The van der Waals surface area contributed by atoms with E-state index in [1.165, 1.54) is 16.8 Å². The zero-order valence-corrected chi connectivity index (χ0v) is 13.6. The van der Waals surface area contributed by atoms with Crippen molar-refractivity contribution >= 4 is 11.9 Å². The fourth-order valence-electron chi connectivity index (χ4n) is 3.04. The van der Waals surface area contributed by atoms with E-state index >= 15 is 0 Å². The molecule has 1 heterocycles. The van der Waals surface area contributed by atoms with Crippen molar-refractivity contribution in [2.75, 3.05) is 0 Å². The lowest BCUT2D eigenvalue weighted by Crippen LogP contribution is -2.35. The molecule has 2 atom stereocenters. The normalized spacial score (nSPS) is 19.5. The van der Waals surface area contributed by atoms with E-state index in [-0.39, 0.29) is 23.8 Å². The number of rotatable bonds is 5. The number of amides is 1. The van der Waals surface area contributed by atoms with E-state index in [1.54, 1.807) is 0 Å². The van der Waals surface area contributed by atoms with Crippen molar-refractivity contribution in [3.05, 3.63) is 64.1 Å². The van der Waals surface area contributed by atoms with Gasteiger partial charge in [0.05, 0.1) is 12.5 Å². The summed E-state index contributed by atoms with van der Waals surface area (Å²) in [7, 11) is 0. The second-order valence-corrected chi connectivity index (χ2v) is 6.22. The van der Waals surface area contributed by atoms with E-state index in [1.807, 2.05) is 30.3 Å². The Hall–Kier alpha value is -2.96. The highest BCUT2D eigenvalue weighted by molar-refractivity contribution is 5.92. The molecule has 0 bridgehead atoms. The highest BCUT2D eigenvalue weighted by Gasteiger charge is 2.30. The lowest BCUT2D eigenvalue weighted by atomic mass is 10.1. The Balaban J connectivity index is 1.70. The molecule has 0 radical (unpaired) electrons. The fourth-order valence-corrected chi connectivity index (χ4v) is 3.04. The van der Waals surface area contributed by atoms with Crippen LogP contribution < -0.4 is 10.9 Å². The van der Waals surface area contributed by atoms with Crippen LogP contribution in [0.1, 0.15) is 35.3 Å². The molecule has 1 saturated carbocycles. The minimum Gasteiger partial charge on any atom is -0.481 e. The summed E-state index contributed by atoms with van der Waals surface area (Å²) < 4.78 is 1.25. The van der Waals surface area contributed by atoms with Gasteiger partial charge in [0.2, 0.25) is 0 Å². The van der Waals surface area contributed by atoms with Crippen molar-refractivity contribution < 1.29 is 14.7 Å². The lowest BCUT2D eigenvalue weighted by molar-refractivity contribution is -0.141. The van der Waals surface area contributed by atoms with Gasteiger partial charge < -0.3 is 10.4 Å². The number of carbonyl (C=O) groups excluding carboxylic acids is 1. The van der Waals surface area contributed by atoms with E-state index in [0.717, 1.165) is 5.56 Å². The molecule has 1 fully saturated rings. The lowest BCUT2D eigenvalue weighted by Gasteiger charge is -2.13. The topological polar surface area (TPSA) is 101 Å². The van der Waals surface area contributed by atoms with Crippen LogP contribution >= 0.6 is 0 Å². The van der Waals surface area contributed by atoms with Gasteiger partial charge in [0.15, 0.2) is 0 Å². The molecule has 7 nitrogen and oxygen atoms in total. The molecule has 0 saturated heterocycles. The van der Waals surface area contributed by atoms with Gasteiger partial charge in [-0.15, -0.1) is 0 Å². The first-order valence-corrected chi connectivity index (χ1v) is 8.18. The van der Waals surface area contributed by atoms with Crippen LogP contribution in [0.15, 0.2) is 47.3 Å². The zero-order valence-electron chi connectivity index (χ0n) is 13.6. The molecule has 1 aromatic heterocycles. The van der Waals surface area contributed by atoms with Crippen LogP contribution in [-0.4, -0.2) is 32.8 Å². The average molecular weight is 341 g/mol. The molecule has 25 heavy (non-hydrogen) atoms. The Labute approximate surface area is 144 Å². The first-order valence-electron chi connectivity index (χ1n) is 8.18. The van der Waals surface area contributed by atoms with Crippen LogP contribution in [0.2, 0.25) is 0 Å². The van der Waals surface area contributed by atoms with Gasteiger partial charge in [-0.2, -0.15) is 5.10 Å². The largest absolute Gasteiger partial charge is 0.481 e. The van der Waals surface area contributed by atoms with E-state index in [0.29, 0.717) is 19.3 Å². The summed E-state index contributed by atoms with van der Waals surface area (Å²) in [6.07, 6.45) is 1.61. The first-order chi connectivity index (χ1) is 12.0. The Morgan fingerprint density at radius 1 is 1.16 bits per heavy atom. The number of carboxylic acids is 1. The monoisotopic (exact) mass is 341 g/mol. The molecule has 0 aliphatic heterocycles. The minimum atomic E-state index is -0.828. The highest BCUT2D eigenvalue weighted by atomic mass is 16.4. The maximum atomic E-state index is 12.4. The summed E-state index contributed by atoms with van der Waals surface area (Å²) in [5.74, 6) is -1.63. The van der Waals surface area contributed by atoms with Crippen molar-refractivity contribution in [2.24, 2.45) is 5.92 Å². The third-order valence-corrected chi connectivity index (χ3v) is 4.39. The maximum absolute atomic E-state index is 12.4. The predicted molar refractivity (Wildman–Crippen MR) is 90.3 cm³/mol. The average Bonchev–Trinajstić information content (AvgIpc) is 3.06. The van der Waals surface area contributed by atoms with Crippen LogP contribution in [0.5, 0.6) is 0 Å². The molecule has 0 spiro atoms. The van der Waals surface area contributed by atoms with Gasteiger partial charge in [0, 0.05) is 12.1 Å². The molecular formula is C18H19N3O4. The van der Waals surface area contributed by atoms with Gasteiger partial charge in [0.25, 0.3) is 11.5 Å². The fraction of sp³-hybridized carbons (Fsp3) is 0.333. The van der Waals surface area contributed by atoms with Crippen LogP contribution in [0.3, 0.4) is 0 Å². The number of hydrogen-bond donors (Lipinski definition) is 2. The Kier molecular flexibility index (Phi) is 4.92. The van der Waals surface area contributed by atoms with Crippen molar-refractivity contribution in [3.63, 3.8) is 0 Å². The Morgan fingerprint density at radius 2 is 1.92 bits per heavy atom. The summed E-state index contributed by atoms with van der Waals surface area (Å²) in [4.78, 5) is 35.3. The molecule has 1 aromatic carbocycles. The number of hydrogen-bond acceptors (Lipinski definition) is 4. The summed E-state index contributed by atoms with van der Waals surface area (Å²) in [6, 6.07) is 11.9. The van der Waals surface area contributed by atoms with Crippen LogP contribution in [0, 0.1) is 5.92 Å². The SMILES string of the molecule is O=C(N[C@H]1CC[C@@H](C(=O)O)C1)c1ccc(=O)n(Cc2ccccc2)n1. The van der Waals surface area contributed by atoms with Crippen molar-refractivity contribution in [2.45, 2.75) is 31.8 Å². The summed E-state index contributed by atoms with van der Waals surface area (Å²) in [5.41, 5.74) is 0.774. The van der Waals surface area contributed by atoms with Gasteiger partial charge in [-0.25, -0.2) is 4.68 Å². The minimum absolute atomic E-state index is 0.148. The van der Waals surface area contributed by atoms with Crippen molar-refractivity contribution in [3.8, 4) is 0 Å². The zero-order chi connectivity index (χ0) is 17.8. The molecule has 1 amide bonds. The Bertz CT molecular complexity index is 832. The van der Waals surface area contributed by atoms with Gasteiger partial charge in [-0.1, -0.05) is 30.3 Å². The molecule has 130 valence electrons. The van der Waals surface area contributed by atoms with Crippen LogP contribution in [0.4, 0.5) is 0 Å². The number of nitrogens with zero attached hydrogens (tertiary/aromatic N) is 2. The number of carboxylic acid groups (broad SMARTS) is 1. The standard InChI is InChI=1S/C18H19N3O4/c22-16-9-8-15(20-21(16)11-12-4-2-1-3-5-12)17(23)19-14-7-6-13(10-14)18(24)25/h1-5,8-9,13-14H,6-7,10-11H2,(H,19,23)(H,24,25)/t13-,14+/m1/s1. The smallest absolute Gasteiger partial charge is 0.306 e. The van der Waals surface area contributed by atoms with E-state index in [4.69, 9.17) is 5.11 Å². The molecule has 7 heteroatoms. The maximum Gasteiger partial charge on any atom is 0.306 e. The van der Waals surface area contributed by atoms with E-state index in [2.05, 4.69) is 10.4 Å². The Morgan fingerprint density at radius 3 is 2.60 bits per heavy atom. The third-order valence-electron chi connectivity index (χ3n) is 4.39. The van der Waals surface area contributed by atoms with Crippen LogP contribution in [0.25, 0.3) is 0 Å². The molecule has 3 rings (SSSR count). The predicted octanol–water partition coefficient (Wildman–Crippen LogP) is 1.27. The van der Waals surface area contributed by atoms with Crippen molar-refractivity contribution in [1.82, 2.24) is 15.1 Å². The molecule has 2 aromatic rings. The summed E-state index contributed by atoms with van der Waals surface area (Å²) in [5, 5.41) is 16.0. The summed E-state index contributed by atoms with van der Waals surface area (Å²) >= 11 is 0. The third kappa shape index (κ3) is 4.12.